The lowest BCUT2D eigenvalue weighted by Crippen LogP contribution is -2.20. The minimum Gasteiger partial charge on any atom is -0.311 e. The van der Waals surface area contributed by atoms with Crippen LogP contribution in [-0.4, -0.2) is 9.55 Å². The number of rotatable bonds is 2. The normalized spacial score (nSPS) is 16.4. The van der Waals surface area contributed by atoms with Gasteiger partial charge in [0.05, 0.1) is 6.20 Å². The fourth-order valence-electron chi connectivity index (χ4n) is 1.14. The van der Waals surface area contributed by atoms with Crippen LogP contribution in [0.2, 0.25) is 0 Å². The summed E-state index contributed by atoms with van der Waals surface area (Å²) in [6, 6.07) is 0. The van der Waals surface area contributed by atoms with Crippen molar-refractivity contribution in [2.24, 2.45) is 5.92 Å². The molecule has 64 valence electrons. The van der Waals surface area contributed by atoms with Crippen molar-refractivity contribution in [2.75, 3.05) is 0 Å². The number of hydrogen-bond acceptors (Lipinski definition) is 2. The summed E-state index contributed by atoms with van der Waals surface area (Å²) in [7, 11) is 0. The van der Waals surface area contributed by atoms with Crippen LogP contribution in [0.25, 0.3) is 0 Å². The predicted octanol–water partition coefficient (Wildman–Crippen LogP) is 1.42. The second kappa shape index (κ2) is 3.01. The van der Waals surface area contributed by atoms with Crippen molar-refractivity contribution in [3.63, 3.8) is 0 Å². The summed E-state index contributed by atoms with van der Waals surface area (Å²) < 4.78 is 2.44. The van der Waals surface area contributed by atoms with Crippen molar-refractivity contribution in [3.8, 4) is 0 Å². The van der Waals surface area contributed by atoms with Gasteiger partial charge in [-0.2, -0.15) is 0 Å². The van der Waals surface area contributed by atoms with E-state index in [0.717, 1.165) is 17.1 Å². The number of aromatic nitrogens is 2. The Balaban J connectivity index is 2.27. The molecule has 2 rings (SSSR count). The lowest BCUT2D eigenvalue weighted by molar-refractivity contribution is 0.600. The Morgan fingerprint density at radius 1 is 1.67 bits per heavy atom. The van der Waals surface area contributed by atoms with Gasteiger partial charge < -0.3 is 4.57 Å². The van der Waals surface area contributed by atoms with Gasteiger partial charge in [-0.15, -0.1) is 0 Å². The van der Waals surface area contributed by atoms with Gasteiger partial charge in [0.2, 0.25) is 0 Å². The first kappa shape index (κ1) is 7.98. The van der Waals surface area contributed by atoms with Crippen LogP contribution in [0.1, 0.15) is 12.8 Å². The zero-order chi connectivity index (χ0) is 8.55. The first-order chi connectivity index (χ1) is 5.75. The fraction of sp³-hybridized carbons (Fsp3) is 0.500. The Morgan fingerprint density at radius 3 is 3.08 bits per heavy atom. The van der Waals surface area contributed by atoms with Crippen LogP contribution in [0.3, 0.4) is 0 Å². The zero-order valence-corrected chi connectivity index (χ0v) is 8.12. The molecule has 0 atom stereocenters. The second-order valence-electron chi connectivity index (χ2n) is 3.14. The van der Waals surface area contributed by atoms with Gasteiger partial charge in [0.15, 0.2) is 0 Å². The van der Waals surface area contributed by atoms with Crippen molar-refractivity contribution >= 4 is 15.9 Å². The first-order valence-corrected chi connectivity index (χ1v) is 4.77. The standard InChI is InChI=1S/C8H9BrN2O/c9-7-5-11(4-6-1-2-6)8(12)3-10-7/h3,5-6H,1-2,4H2. The molecule has 0 amide bonds. The molecule has 1 fully saturated rings. The van der Waals surface area contributed by atoms with Crippen molar-refractivity contribution < 1.29 is 0 Å². The Labute approximate surface area is 78.6 Å². The van der Waals surface area contributed by atoms with Crippen LogP contribution < -0.4 is 5.56 Å². The highest BCUT2D eigenvalue weighted by Gasteiger charge is 2.21. The third-order valence-corrected chi connectivity index (χ3v) is 2.41. The highest BCUT2D eigenvalue weighted by Crippen LogP contribution is 2.30. The summed E-state index contributed by atoms with van der Waals surface area (Å²) in [6.45, 7) is 0.847. The fourth-order valence-corrected chi connectivity index (χ4v) is 1.49. The number of hydrogen-bond donors (Lipinski definition) is 0. The van der Waals surface area contributed by atoms with Crippen LogP contribution in [0, 0.1) is 5.92 Å². The molecule has 0 aliphatic heterocycles. The maximum atomic E-state index is 11.2. The van der Waals surface area contributed by atoms with Gasteiger partial charge in [0.1, 0.15) is 4.60 Å². The van der Waals surface area contributed by atoms with Gasteiger partial charge >= 0.3 is 0 Å². The Morgan fingerprint density at radius 2 is 2.42 bits per heavy atom. The molecule has 0 bridgehead atoms. The third kappa shape index (κ3) is 1.75. The minimum absolute atomic E-state index is 0.00917. The van der Waals surface area contributed by atoms with Gasteiger partial charge in [0.25, 0.3) is 5.56 Å². The Bertz CT molecular complexity index is 343. The van der Waals surface area contributed by atoms with E-state index in [-0.39, 0.29) is 5.56 Å². The molecule has 1 aromatic heterocycles. The molecule has 1 saturated carbocycles. The van der Waals surface area contributed by atoms with Gasteiger partial charge in [-0.3, -0.25) is 4.79 Å². The van der Waals surface area contributed by atoms with E-state index in [2.05, 4.69) is 20.9 Å². The molecule has 1 heterocycles. The molecule has 0 spiro atoms. The molecule has 1 aromatic rings. The first-order valence-electron chi connectivity index (χ1n) is 3.98. The quantitative estimate of drug-likeness (QED) is 0.768. The van der Waals surface area contributed by atoms with E-state index >= 15 is 0 Å². The van der Waals surface area contributed by atoms with E-state index in [1.807, 2.05) is 0 Å². The van der Waals surface area contributed by atoms with Crippen molar-refractivity contribution in [1.29, 1.82) is 0 Å². The molecule has 0 N–H and O–H groups in total. The van der Waals surface area contributed by atoms with E-state index in [4.69, 9.17) is 0 Å². The smallest absolute Gasteiger partial charge is 0.269 e. The Hall–Kier alpha value is -0.640. The van der Waals surface area contributed by atoms with Gasteiger partial charge in [-0.05, 0) is 34.7 Å². The average Bonchev–Trinajstić information content (AvgIpc) is 2.81. The summed E-state index contributed by atoms with van der Waals surface area (Å²) in [6.07, 6.45) is 5.62. The second-order valence-corrected chi connectivity index (χ2v) is 3.96. The van der Waals surface area contributed by atoms with Crippen LogP contribution in [0.5, 0.6) is 0 Å². The zero-order valence-electron chi connectivity index (χ0n) is 6.53. The molecule has 0 aromatic carbocycles. The van der Waals surface area contributed by atoms with Crippen molar-refractivity contribution in [3.05, 3.63) is 27.4 Å². The van der Waals surface area contributed by atoms with E-state index in [9.17, 15) is 4.79 Å². The highest BCUT2D eigenvalue weighted by atomic mass is 79.9. The predicted molar refractivity (Wildman–Crippen MR) is 48.9 cm³/mol. The monoisotopic (exact) mass is 228 g/mol. The Kier molecular flexibility index (Phi) is 2.00. The van der Waals surface area contributed by atoms with E-state index in [1.54, 1.807) is 10.8 Å². The van der Waals surface area contributed by atoms with Gasteiger partial charge in [-0.1, -0.05) is 0 Å². The maximum absolute atomic E-state index is 11.2. The van der Waals surface area contributed by atoms with E-state index in [0.29, 0.717) is 0 Å². The van der Waals surface area contributed by atoms with Crippen LogP contribution in [0.4, 0.5) is 0 Å². The molecule has 4 heteroatoms. The van der Waals surface area contributed by atoms with Gasteiger partial charge in [-0.25, -0.2) is 4.98 Å². The number of halogens is 1. The summed E-state index contributed by atoms with van der Waals surface area (Å²) in [5.74, 6) is 0.719. The van der Waals surface area contributed by atoms with Crippen molar-refractivity contribution in [2.45, 2.75) is 19.4 Å². The van der Waals surface area contributed by atoms with Crippen LogP contribution in [0.15, 0.2) is 21.8 Å². The molecule has 1 aliphatic rings. The van der Waals surface area contributed by atoms with Gasteiger partial charge in [0, 0.05) is 12.7 Å². The molecular formula is C8H9BrN2O. The topological polar surface area (TPSA) is 34.9 Å². The van der Waals surface area contributed by atoms with E-state index in [1.165, 1.54) is 19.0 Å². The van der Waals surface area contributed by atoms with Crippen molar-refractivity contribution in [1.82, 2.24) is 9.55 Å². The van der Waals surface area contributed by atoms with E-state index < -0.39 is 0 Å². The molecule has 1 aliphatic carbocycles. The summed E-state index contributed by atoms with van der Waals surface area (Å²) in [5, 5.41) is 0. The third-order valence-electron chi connectivity index (χ3n) is 2.00. The lowest BCUT2D eigenvalue weighted by atomic mass is 10.4. The summed E-state index contributed by atoms with van der Waals surface area (Å²) >= 11 is 3.24. The summed E-state index contributed by atoms with van der Waals surface area (Å²) in [5.41, 5.74) is -0.00917. The lowest BCUT2D eigenvalue weighted by Gasteiger charge is -2.02. The largest absolute Gasteiger partial charge is 0.311 e. The SMILES string of the molecule is O=c1cnc(Br)cn1CC1CC1. The summed E-state index contributed by atoms with van der Waals surface area (Å²) in [4.78, 5) is 15.1. The number of nitrogens with zero attached hydrogens (tertiary/aromatic N) is 2. The molecule has 12 heavy (non-hydrogen) atoms. The van der Waals surface area contributed by atoms with Crippen LogP contribution in [-0.2, 0) is 6.54 Å². The molecular weight excluding hydrogens is 220 g/mol. The average molecular weight is 229 g/mol. The molecule has 0 unspecified atom stereocenters. The van der Waals surface area contributed by atoms with Crippen LogP contribution >= 0.6 is 15.9 Å². The maximum Gasteiger partial charge on any atom is 0.269 e. The molecule has 0 radical (unpaired) electrons. The minimum atomic E-state index is -0.00917. The molecule has 0 saturated heterocycles. The highest BCUT2D eigenvalue weighted by molar-refractivity contribution is 9.10. The molecule has 3 nitrogen and oxygen atoms in total.